The third-order valence-corrected chi connectivity index (χ3v) is 5.36. The number of hydrogen-bond acceptors (Lipinski definition) is 8. The van der Waals surface area contributed by atoms with E-state index in [0.717, 1.165) is 17.3 Å². The summed E-state index contributed by atoms with van der Waals surface area (Å²) in [6.45, 7) is 1.13. The molecule has 1 N–H and O–H groups in total. The molecule has 0 bridgehead atoms. The van der Waals surface area contributed by atoms with Crippen LogP contribution in [0.4, 0.5) is 0 Å². The quantitative estimate of drug-likeness (QED) is 0.433. The Balaban J connectivity index is 1.58. The third kappa shape index (κ3) is 4.25. The van der Waals surface area contributed by atoms with E-state index < -0.39 is 5.92 Å². The van der Waals surface area contributed by atoms with Gasteiger partial charge in [0.15, 0.2) is 0 Å². The van der Waals surface area contributed by atoms with Gasteiger partial charge in [0.1, 0.15) is 29.1 Å². The van der Waals surface area contributed by atoms with Crippen molar-refractivity contribution >= 4 is 28.7 Å². The van der Waals surface area contributed by atoms with Crippen molar-refractivity contribution in [3.05, 3.63) is 66.0 Å². The van der Waals surface area contributed by atoms with Gasteiger partial charge in [0.2, 0.25) is 0 Å². The van der Waals surface area contributed by atoms with E-state index in [9.17, 15) is 9.90 Å². The lowest BCUT2D eigenvalue weighted by Gasteiger charge is -2.19. The average molecular weight is 424 g/mol. The molecule has 2 heterocycles. The molecular weight excluding hydrogens is 404 g/mol. The molecule has 2 aromatic heterocycles. The van der Waals surface area contributed by atoms with Gasteiger partial charge in [-0.25, -0.2) is 0 Å². The number of benzene rings is 2. The number of methoxy groups -OCH3 is 1. The number of phenols is 1. The molecule has 0 aliphatic heterocycles. The molecule has 30 heavy (non-hydrogen) atoms. The van der Waals surface area contributed by atoms with Gasteiger partial charge in [0.25, 0.3) is 0 Å². The lowest BCUT2D eigenvalue weighted by Crippen LogP contribution is -2.11. The van der Waals surface area contributed by atoms with Crippen molar-refractivity contribution in [2.45, 2.75) is 18.9 Å². The van der Waals surface area contributed by atoms with Crippen LogP contribution in [0.25, 0.3) is 11.0 Å². The summed E-state index contributed by atoms with van der Waals surface area (Å²) in [5, 5.41) is 14.7. The number of ether oxygens (including phenoxy) is 2. The van der Waals surface area contributed by atoms with Gasteiger partial charge in [-0.15, -0.1) is 0 Å². The number of hydrogen-bond donors (Lipinski definition) is 1. The second-order valence-corrected chi connectivity index (χ2v) is 7.18. The summed E-state index contributed by atoms with van der Waals surface area (Å²) in [5.41, 5.74) is 2.68. The van der Waals surface area contributed by atoms with Crippen LogP contribution in [0.3, 0.4) is 0 Å². The van der Waals surface area contributed by atoms with Crippen LogP contribution in [0.15, 0.2) is 54.9 Å². The predicted octanol–water partition coefficient (Wildman–Crippen LogP) is 3.37. The molecule has 4 rings (SSSR count). The molecule has 154 valence electrons. The Morgan fingerprint density at radius 1 is 1.20 bits per heavy atom. The first-order chi connectivity index (χ1) is 14.7. The zero-order chi connectivity index (χ0) is 20.9. The van der Waals surface area contributed by atoms with Crippen molar-refractivity contribution in [1.29, 1.82) is 0 Å². The Hall–Kier alpha value is -3.46. The highest BCUT2D eigenvalue weighted by atomic mass is 32.1. The van der Waals surface area contributed by atoms with Crippen molar-refractivity contribution in [3.8, 4) is 11.5 Å². The van der Waals surface area contributed by atoms with Crippen LogP contribution in [0, 0.1) is 0 Å². The maximum Gasteiger partial charge on any atom is 0.306 e. The van der Waals surface area contributed by atoms with E-state index in [2.05, 4.69) is 13.8 Å². The van der Waals surface area contributed by atoms with Crippen LogP contribution < -0.4 is 4.74 Å². The summed E-state index contributed by atoms with van der Waals surface area (Å²) < 4.78 is 21.0. The molecule has 0 unspecified atom stereocenters. The van der Waals surface area contributed by atoms with Crippen LogP contribution in [0.2, 0.25) is 0 Å². The number of esters is 1. The minimum atomic E-state index is -0.428. The zero-order valence-corrected chi connectivity index (χ0v) is 17.1. The van der Waals surface area contributed by atoms with Gasteiger partial charge in [-0.1, -0.05) is 12.1 Å². The van der Waals surface area contributed by atoms with E-state index in [1.54, 1.807) is 23.0 Å². The summed E-state index contributed by atoms with van der Waals surface area (Å²) >= 11 is 1.07. The van der Waals surface area contributed by atoms with Gasteiger partial charge in [-0.05, 0) is 35.9 Å². The van der Waals surface area contributed by atoms with Crippen molar-refractivity contribution in [1.82, 2.24) is 18.5 Å². The molecule has 0 spiro atoms. The van der Waals surface area contributed by atoms with E-state index >= 15 is 0 Å². The highest BCUT2D eigenvalue weighted by Crippen LogP contribution is 2.39. The number of aromatic nitrogens is 4. The summed E-state index contributed by atoms with van der Waals surface area (Å²) in [6, 6.07) is 12.6. The molecule has 0 aliphatic rings. The zero-order valence-electron chi connectivity index (χ0n) is 16.3. The lowest BCUT2D eigenvalue weighted by atomic mass is 9.87. The van der Waals surface area contributed by atoms with Crippen LogP contribution in [0.5, 0.6) is 11.5 Å². The monoisotopic (exact) mass is 424 g/mol. The predicted molar refractivity (Wildman–Crippen MR) is 112 cm³/mol. The average Bonchev–Trinajstić information content (AvgIpc) is 3.45. The summed E-state index contributed by atoms with van der Waals surface area (Å²) in [6.07, 6.45) is 3.68. The molecule has 9 heteroatoms. The number of nitrogens with zero attached hydrogens (tertiary/aromatic N) is 4. The van der Waals surface area contributed by atoms with Crippen molar-refractivity contribution < 1.29 is 19.4 Å². The Kier molecular flexibility index (Phi) is 5.89. The van der Waals surface area contributed by atoms with E-state index in [-0.39, 0.29) is 18.1 Å². The molecule has 0 fully saturated rings. The van der Waals surface area contributed by atoms with E-state index in [4.69, 9.17) is 9.47 Å². The molecule has 4 aromatic rings. The number of rotatable bonds is 8. The lowest BCUT2D eigenvalue weighted by molar-refractivity contribution is -0.140. The fourth-order valence-corrected chi connectivity index (χ4v) is 3.88. The topological polar surface area (TPSA) is 99.4 Å². The minimum Gasteiger partial charge on any atom is -0.508 e. The first-order valence-electron chi connectivity index (χ1n) is 9.37. The van der Waals surface area contributed by atoms with Gasteiger partial charge in [-0.2, -0.15) is 13.8 Å². The molecule has 8 nitrogen and oxygen atoms in total. The Bertz CT molecular complexity index is 1130. The maximum absolute atomic E-state index is 12.1. The Morgan fingerprint density at radius 2 is 2.03 bits per heavy atom. The second kappa shape index (κ2) is 8.91. The number of phenolic OH excluding ortho intramolecular Hbond substituents is 1. The standard InChI is InChI=1S/C21H20N4O4S/c1-28-19(27)13-16(20-18(26)8-7-17-21(20)24-30-23-17)14-3-5-15(6-4-14)29-12-11-25-10-2-9-22-25/h2-10,16,26H,11-13H2,1H3/t16-/m0/s1. The van der Waals surface area contributed by atoms with Crippen molar-refractivity contribution in [3.63, 3.8) is 0 Å². The van der Waals surface area contributed by atoms with Crippen molar-refractivity contribution in [2.24, 2.45) is 0 Å². The van der Waals surface area contributed by atoms with Gasteiger partial charge < -0.3 is 14.6 Å². The fraction of sp³-hybridized carbons (Fsp3) is 0.238. The molecule has 0 aliphatic carbocycles. The van der Waals surface area contributed by atoms with Crippen molar-refractivity contribution in [2.75, 3.05) is 13.7 Å². The van der Waals surface area contributed by atoms with E-state index in [0.29, 0.717) is 35.5 Å². The summed E-state index contributed by atoms with van der Waals surface area (Å²) in [4.78, 5) is 12.1. The molecule has 0 saturated heterocycles. The summed E-state index contributed by atoms with van der Waals surface area (Å²) in [5.74, 6) is -0.0218. The molecule has 0 saturated carbocycles. The molecule has 1 atom stereocenters. The molecule has 0 radical (unpaired) electrons. The Morgan fingerprint density at radius 3 is 2.77 bits per heavy atom. The SMILES string of the molecule is COC(=O)C[C@@H](c1ccc(OCCn2cccn2)cc1)c1c(O)ccc2nsnc12. The number of carbonyl (C=O) groups excluding carboxylic acids is 1. The highest BCUT2D eigenvalue weighted by molar-refractivity contribution is 7.00. The third-order valence-electron chi connectivity index (χ3n) is 4.82. The summed E-state index contributed by atoms with van der Waals surface area (Å²) in [7, 11) is 1.35. The smallest absolute Gasteiger partial charge is 0.306 e. The largest absolute Gasteiger partial charge is 0.508 e. The van der Waals surface area contributed by atoms with Gasteiger partial charge >= 0.3 is 5.97 Å². The van der Waals surface area contributed by atoms with Crippen LogP contribution >= 0.6 is 11.7 Å². The van der Waals surface area contributed by atoms with E-state index in [1.165, 1.54) is 7.11 Å². The first kappa shape index (κ1) is 19.8. The number of aromatic hydroxyl groups is 1. The maximum atomic E-state index is 12.1. The highest BCUT2D eigenvalue weighted by Gasteiger charge is 2.25. The van der Waals surface area contributed by atoms with Crippen LogP contribution in [0.1, 0.15) is 23.5 Å². The van der Waals surface area contributed by atoms with Gasteiger partial charge in [-0.3, -0.25) is 9.48 Å². The molecule has 0 amide bonds. The normalized spacial score (nSPS) is 12.0. The second-order valence-electron chi connectivity index (χ2n) is 6.65. The number of fused-ring (bicyclic) bond motifs is 1. The van der Waals surface area contributed by atoms with Crippen LogP contribution in [-0.2, 0) is 16.1 Å². The fourth-order valence-electron chi connectivity index (χ4n) is 3.33. The Labute approximate surface area is 177 Å². The number of carbonyl (C=O) groups is 1. The minimum absolute atomic E-state index is 0.0696. The van der Waals surface area contributed by atoms with E-state index in [1.807, 2.05) is 36.5 Å². The van der Waals surface area contributed by atoms with Gasteiger partial charge in [0, 0.05) is 23.9 Å². The van der Waals surface area contributed by atoms with Gasteiger partial charge in [0.05, 0.1) is 31.8 Å². The molecule has 2 aromatic carbocycles. The van der Waals surface area contributed by atoms with Crippen LogP contribution in [-0.4, -0.2) is 43.3 Å². The first-order valence-corrected chi connectivity index (χ1v) is 10.1. The molecular formula is C21H20N4O4S.